The zero-order chi connectivity index (χ0) is 14.8. The standard InChI is InChI=1S/C15H20N2O3/c1-14(8-9-16-10-14)12(18)17-15(2,13(19)20)11-6-4-3-5-7-11/h3-7,16H,8-10H2,1-2H3,(H,17,18)(H,19,20). The van der Waals surface area contributed by atoms with Crippen LogP contribution >= 0.6 is 0 Å². The van der Waals surface area contributed by atoms with Crippen molar-refractivity contribution < 1.29 is 14.7 Å². The van der Waals surface area contributed by atoms with Crippen LogP contribution in [-0.2, 0) is 15.1 Å². The summed E-state index contributed by atoms with van der Waals surface area (Å²) in [6, 6.07) is 8.77. The summed E-state index contributed by atoms with van der Waals surface area (Å²) in [7, 11) is 0. The average Bonchev–Trinajstić information content (AvgIpc) is 2.87. The van der Waals surface area contributed by atoms with Gasteiger partial charge in [-0.05, 0) is 32.4 Å². The minimum atomic E-state index is -1.41. The Labute approximate surface area is 118 Å². The molecule has 1 aromatic rings. The van der Waals surface area contributed by atoms with Crippen molar-refractivity contribution >= 4 is 11.9 Å². The van der Waals surface area contributed by atoms with Crippen LogP contribution in [0.2, 0.25) is 0 Å². The number of nitrogens with one attached hydrogen (secondary N) is 2. The van der Waals surface area contributed by atoms with Crippen molar-refractivity contribution in [2.45, 2.75) is 25.8 Å². The quantitative estimate of drug-likeness (QED) is 0.769. The first-order valence-electron chi connectivity index (χ1n) is 6.71. The number of carbonyl (C=O) groups is 2. The number of carboxylic acids is 1. The topological polar surface area (TPSA) is 78.4 Å². The molecule has 0 aromatic heterocycles. The van der Waals surface area contributed by atoms with Gasteiger partial charge < -0.3 is 15.7 Å². The molecule has 0 spiro atoms. The number of hydrogen-bond acceptors (Lipinski definition) is 3. The van der Waals surface area contributed by atoms with Gasteiger partial charge in [-0.15, -0.1) is 0 Å². The lowest BCUT2D eigenvalue weighted by molar-refractivity contribution is -0.149. The fourth-order valence-corrected chi connectivity index (χ4v) is 2.41. The number of carbonyl (C=O) groups excluding carboxylic acids is 1. The van der Waals surface area contributed by atoms with E-state index in [9.17, 15) is 14.7 Å². The van der Waals surface area contributed by atoms with Gasteiger partial charge >= 0.3 is 5.97 Å². The summed E-state index contributed by atoms with van der Waals surface area (Å²) in [6.07, 6.45) is 0.712. The second kappa shape index (κ2) is 5.25. The summed E-state index contributed by atoms with van der Waals surface area (Å²) in [5, 5.41) is 15.4. The zero-order valence-corrected chi connectivity index (χ0v) is 11.8. The second-order valence-electron chi connectivity index (χ2n) is 5.74. The summed E-state index contributed by atoms with van der Waals surface area (Å²) in [5.41, 5.74) is -1.40. The van der Waals surface area contributed by atoms with Crippen LogP contribution in [0.1, 0.15) is 25.8 Å². The highest BCUT2D eigenvalue weighted by Gasteiger charge is 2.43. The second-order valence-corrected chi connectivity index (χ2v) is 5.74. The first-order chi connectivity index (χ1) is 9.38. The number of amides is 1. The molecule has 20 heavy (non-hydrogen) atoms. The molecule has 1 heterocycles. The van der Waals surface area contributed by atoms with Crippen molar-refractivity contribution in [3.63, 3.8) is 0 Å². The van der Waals surface area contributed by atoms with Gasteiger partial charge in [-0.3, -0.25) is 4.79 Å². The van der Waals surface area contributed by atoms with Crippen LogP contribution in [0.3, 0.4) is 0 Å². The minimum absolute atomic E-state index is 0.226. The Balaban J connectivity index is 2.26. The lowest BCUT2D eigenvalue weighted by atomic mass is 9.85. The molecule has 5 heteroatoms. The van der Waals surface area contributed by atoms with Gasteiger partial charge in [-0.25, -0.2) is 4.79 Å². The monoisotopic (exact) mass is 276 g/mol. The predicted octanol–water partition coefficient (Wildman–Crippen LogP) is 1.10. The van der Waals surface area contributed by atoms with Gasteiger partial charge in [0.1, 0.15) is 0 Å². The Morgan fingerprint density at radius 3 is 2.50 bits per heavy atom. The molecule has 5 nitrogen and oxygen atoms in total. The van der Waals surface area contributed by atoms with Crippen molar-refractivity contribution in [1.82, 2.24) is 10.6 Å². The van der Waals surface area contributed by atoms with Gasteiger partial charge in [-0.1, -0.05) is 30.3 Å². The third-order valence-electron chi connectivity index (χ3n) is 4.06. The van der Waals surface area contributed by atoms with E-state index in [0.29, 0.717) is 18.5 Å². The highest BCUT2D eigenvalue weighted by atomic mass is 16.4. The summed E-state index contributed by atoms with van der Waals surface area (Å²) < 4.78 is 0. The van der Waals surface area contributed by atoms with E-state index in [1.54, 1.807) is 24.3 Å². The fraction of sp³-hybridized carbons (Fsp3) is 0.467. The van der Waals surface area contributed by atoms with Crippen LogP contribution in [0.15, 0.2) is 30.3 Å². The maximum atomic E-state index is 12.4. The Morgan fingerprint density at radius 2 is 2.00 bits per heavy atom. The molecule has 3 N–H and O–H groups in total. The van der Waals surface area contributed by atoms with Crippen molar-refractivity contribution in [1.29, 1.82) is 0 Å². The van der Waals surface area contributed by atoms with Crippen LogP contribution in [0.4, 0.5) is 0 Å². The number of aliphatic carboxylic acids is 1. The summed E-state index contributed by atoms with van der Waals surface area (Å²) in [5.74, 6) is -1.29. The van der Waals surface area contributed by atoms with E-state index in [4.69, 9.17) is 0 Å². The third kappa shape index (κ3) is 2.54. The SMILES string of the molecule is CC1(C(=O)NC(C)(C(=O)O)c2ccccc2)CCNC1. The smallest absolute Gasteiger partial charge is 0.333 e. The maximum absolute atomic E-state index is 12.4. The molecular formula is C15H20N2O3. The van der Waals surface area contributed by atoms with E-state index < -0.39 is 16.9 Å². The van der Waals surface area contributed by atoms with Gasteiger partial charge in [0.15, 0.2) is 5.54 Å². The molecule has 108 valence electrons. The van der Waals surface area contributed by atoms with Crippen LogP contribution in [0.25, 0.3) is 0 Å². The Bertz CT molecular complexity index is 509. The van der Waals surface area contributed by atoms with Crippen LogP contribution < -0.4 is 10.6 Å². The van der Waals surface area contributed by atoms with Crippen molar-refractivity contribution in [3.05, 3.63) is 35.9 Å². The number of rotatable bonds is 4. The van der Waals surface area contributed by atoms with Crippen molar-refractivity contribution in [2.24, 2.45) is 5.41 Å². The first-order valence-corrected chi connectivity index (χ1v) is 6.71. The molecule has 1 saturated heterocycles. The molecule has 1 fully saturated rings. The van der Waals surface area contributed by atoms with Crippen LogP contribution in [0, 0.1) is 5.41 Å². The van der Waals surface area contributed by atoms with Crippen molar-refractivity contribution in [3.8, 4) is 0 Å². The molecule has 0 radical (unpaired) electrons. The molecule has 2 atom stereocenters. The summed E-state index contributed by atoms with van der Waals surface area (Å²) in [6.45, 7) is 4.73. The van der Waals surface area contributed by atoms with Gasteiger partial charge in [0.2, 0.25) is 5.91 Å². The van der Waals surface area contributed by atoms with Gasteiger partial charge in [0, 0.05) is 6.54 Å². The van der Waals surface area contributed by atoms with E-state index in [1.165, 1.54) is 6.92 Å². The minimum Gasteiger partial charge on any atom is -0.479 e. The molecule has 0 saturated carbocycles. The molecule has 0 bridgehead atoms. The molecule has 2 rings (SSSR count). The van der Waals surface area contributed by atoms with Crippen LogP contribution in [0.5, 0.6) is 0 Å². The normalized spacial score (nSPS) is 24.9. The zero-order valence-electron chi connectivity index (χ0n) is 11.8. The number of carboxylic acid groups (broad SMARTS) is 1. The highest BCUT2D eigenvalue weighted by molar-refractivity contribution is 5.90. The molecule has 0 aliphatic carbocycles. The van der Waals surface area contributed by atoms with Gasteiger partial charge in [0.25, 0.3) is 0 Å². The number of benzene rings is 1. The summed E-state index contributed by atoms with van der Waals surface area (Å²) in [4.78, 5) is 24.1. The predicted molar refractivity (Wildman–Crippen MR) is 75.2 cm³/mol. The third-order valence-corrected chi connectivity index (χ3v) is 4.06. The van der Waals surface area contributed by atoms with E-state index in [2.05, 4.69) is 10.6 Å². The number of hydrogen-bond donors (Lipinski definition) is 3. The molecule has 1 aliphatic rings. The summed E-state index contributed by atoms with van der Waals surface area (Å²) >= 11 is 0. The largest absolute Gasteiger partial charge is 0.479 e. The molecule has 1 aromatic carbocycles. The van der Waals surface area contributed by atoms with E-state index in [-0.39, 0.29) is 5.91 Å². The molecular weight excluding hydrogens is 256 g/mol. The average molecular weight is 276 g/mol. The van der Waals surface area contributed by atoms with Crippen molar-refractivity contribution in [2.75, 3.05) is 13.1 Å². The Hall–Kier alpha value is -1.88. The van der Waals surface area contributed by atoms with E-state index in [1.807, 2.05) is 13.0 Å². The Kier molecular flexibility index (Phi) is 3.81. The fourth-order valence-electron chi connectivity index (χ4n) is 2.41. The van der Waals surface area contributed by atoms with Gasteiger partial charge in [-0.2, -0.15) is 0 Å². The highest BCUT2D eigenvalue weighted by Crippen LogP contribution is 2.28. The van der Waals surface area contributed by atoms with Gasteiger partial charge in [0.05, 0.1) is 5.41 Å². The van der Waals surface area contributed by atoms with Crippen LogP contribution in [-0.4, -0.2) is 30.1 Å². The maximum Gasteiger partial charge on any atom is 0.333 e. The molecule has 2 unspecified atom stereocenters. The lowest BCUT2D eigenvalue weighted by Crippen LogP contribution is -2.54. The first kappa shape index (κ1) is 14.5. The molecule has 1 amide bonds. The lowest BCUT2D eigenvalue weighted by Gasteiger charge is -2.31. The Morgan fingerprint density at radius 1 is 1.35 bits per heavy atom. The van der Waals surface area contributed by atoms with E-state index in [0.717, 1.165) is 6.54 Å². The molecule has 1 aliphatic heterocycles. The van der Waals surface area contributed by atoms with E-state index >= 15 is 0 Å².